The summed E-state index contributed by atoms with van der Waals surface area (Å²) in [7, 11) is 0. The molecule has 2 heterocycles. The first-order chi connectivity index (χ1) is 9.25. The monoisotopic (exact) mass is 271 g/mol. The van der Waals surface area contributed by atoms with Gasteiger partial charge in [0.15, 0.2) is 11.6 Å². The molecule has 0 saturated carbocycles. The van der Waals surface area contributed by atoms with Gasteiger partial charge in [0.25, 0.3) is 0 Å². The van der Waals surface area contributed by atoms with Gasteiger partial charge in [-0.2, -0.15) is 5.10 Å². The third-order valence-electron chi connectivity index (χ3n) is 2.72. The maximum Gasteiger partial charge on any atom is 0.178 e. The zero-order valence-electron chi connectivity index (χ0n) is 9.84. The van der Waals surface area contributed by atoms with Crippen LogP contribution in [0.4, 0.5) is 5.82 Å². The minimum atomic E-state index is 0.407. The van der Waals surface area contributed by atoms with E-state index in [0.29, 0.717) is 22.4 Å². The molecule has 0 unspecified atom stereocenters. The lowest BCUT2D eigenvalue weighted by Gasteiger charge is -2.03. The van der Waals surface area contributed by atoms with E-state index in [0.717, 1.165) is 11.1 Å². The molecule has 0 fully saturated rings. The molecule has 0 amide bonds. The topological polar surface area (TPSA) is 80.5 Å². The fourth-order valence-electron chi connectivity index (χ4n) is 1.85. The second-order valence-corrected chi connectivity index (χ2v) is 4.37. The number of H-pyrrole nitrogens is 1. The molecule has 0 aliphatic carbocycles. The van der Waals surface area contributed by atoms with E-state index in [4.69, 9.17) is 17.3 Å². The average Bonchev–Trinajstić information content (AvgIpc) is 2.83. The van der Waals surface area contributed by atoms with Crippen molar-refractivity contribution in [3.05, 3.63) is 47.7 Å². The maximum absolute atomic E-state index is 5.92. The van der Waals surface area contributed by atoms with Crippen molar-refractivity contribution >= 4 is 17.4 Å². The molecular weight excluding hydrogens is 262 g/mol. The van der Waals surface area contributed by atoms with Gasteiger partial charge in [0.2, 0.25) is 0 Å². The van der Waals surface area contributed by atoms with Crippen molar-refractivity contribution in [3.63, 3.8) is 0 Å². The van der Waals surface area contributed by atoms with E-state index in [1.807, 2.05) is 12.1 Å². The molecular formula is C13H10ClN5. The third kappa shape index (κ3) is 2.15. The summed E-state index contributed by atoms with van der Waals surface area (Å²) in [6, 6.07) is 9.13. The van der Waals surface area contributed by atoms with E-state index in [1.54, 1.807) is 30.6 Å². The molecule has 0 aliphatic rings. The standard InChI is InChI=1S/C13H10ClN5/c14-9-4-2-8(3-5-9)10-11(18-19-12(10)15)13-16-6-1-7-17-13/h1-7H,(H3,15,18,19). The Morgan fingerprint density at radius 3 is 2.42 bits per heavy atom. The van der Waals surface area contributed by atoms with Crippen LogP contribution < -0.4 is 5.73 Å². The van der Waals surface area contributed by atoms with E-state index in [-0.39, 0.29) is 0 Å². The second kappa shape index (κ2) is 4.70. The Morgan fingerprint density at radius 1 is 1.05 bits per heavy atom. The van der Waals surface area contributed by atoms with E-state index >= 15 is 0 Å². The van der Waals surface area contributed by atoms with Crippen LogP contribution in [0.3, 0.4) is 0 Å². The number of nitrogens with one attached hydrogen (secondary N) is 1. The normalized spacial score (nSPS) is 10.6. The Bertz CT molecular complexity index is 691. The summed E-state index contributed by atoms with van der Waals surface area (Å²) >= 11 is 5.89. The molecule has 0 aliphatic heterocycles. The minimum Gasteiger partial charge on any atom is -0.382 e. The molecule has 0 saturated heterocycles. The molecule has 0 bridgehead atoms. The lowest BCUT2D eigenvalue weighted by Crippen LogP contribution is -1.91. The van der Waals surface area contributed by atoms with Crippen molar-refractivity contribution in [2.24, 2.45) is 0 Å². The Hall–Kier alpha value is -2.40. The van der Waals surface area contributed by atoms with Gasteiger partial charge in [-0.1, -0.05) is 23.7 Å². The molecule has 2 aromatic heterocycles. The highest BCUT2D eigenvalue weighted by Gasteiger charge is 2.16. The van der Waals surface area contributed by atoms with E-state index in [2.05, 4.69) is 20.2 Å². The summed E-state index contributed by atoms with van der Waals surface area (Å²) in [4.78, 5) is 8.40. The fourth-order valence-corrected chi connectivity index (χ4v) is 1.98. The number of rotatable bonds is 2. The maximum atomic E-state index is 5.92. The summed E-state index contributed by atoms with van der Waals surface area (Å²) in [6.07, 6.45) is 3.34. The molecule has 0 atom stereocenters. The lowest BCUT2D eigenvalue weighted by molar-refractivity contribution is 1.07. The first-order valence-corrected chi connectivity index (χ1v) is 6.00. The number of hydrogen-bond donors (Lipinski definition) is 2. The van der Waals surface area contributed by atoms with Gasteiger partial charge in [0.05, 0.1) is 5.56 Å². The number of aromatic nitrogens is 4. The van der Waals surface area contributed by atoms with Crippen molar-refractivity contribution in [3.8, 4) is 22.6 Å². The summed E-state index contributed by atoms with van der Waals surface area (Å²) < 4.78 is 0. The average molecular weight is 272 g/mol. The predicted octanol–water partition coefficient (Wildman–Crippen LogP) is 2.77. The number of nitrogens with two attached hydrogens (primary N) is 1. The van der Waals surface area contributed by atoms with E-state index < -0.39 is 0 Å². The van der Waals surface area contributed by atoms with Crippen LogP contribution >= 0.6 is 11.6 Å². The van der Waals surface area contributed by atoms with Crippen LogP contribution in [-0.4, -0.2) is 20.2 Å². The molecule has 94 valence electrons. The van der Waals surface area contributed by atoms with Crippen molar-refractivity contribution in [1.82, 2.24) is 20.2 Å². The molecule has 6 heteroatoms. The largest absolute Gasteiger partial charge is 0.382 e. The Kier molecular flexibility index (Phi) is 2.89. The van der Waals surface area contributed by atoms with Gasteiger partial charge in [0.1, 0.15) is 5.69 Å². The fraction of sp³-hybridized carbons (Fsp3) is 0. The third-order valence-corrected chi connectivity index (χ3v) is 2.97. The van der Waals surface area contributed by atoms with Crippen molar-refractivity contribution in [2.45, 2.75) is 0 Å². The van der Waals surface area contributed by atoms with Crippen LogP contribution in [-0.2, 0) is 0 Å². The zero-order chi connectivity index (χ0) is 13.2. The van der Waals surface area contributed by atoms with E-state index in [1.165, 1.54) is 0 Å². The first-order valence-electron chi connectivity index (χ1n) is 5.63. The van der Waals surface area contributed by atoms with Crippen LogP contribution in [0.2, 0.25) is 5.02 Å². The molecule has 5 nitrogen and oxygen atoms in total. The molecule has 3 aromatic rings. The van der Waals surface area contributed by atoms with Gasteiger partial charge in [-0.25, -0.2) is 9.97 Å². The molecule has 3 N–H and O–H groups in total. The smallest absolute Gasteiger partial charge is 0.178 e. The van der Waals surface area contributed by atoms with Crippen molar-refractivity contribution in [2.75, 3.05) is 5.73 Å². The summed E-state index contributed by atoms with van der Waals surface area (Å²) in [5, 5.41) is 7.57. The number of nitrogens with zero attached hydrogens (tertiary/aromatic N) is 3. The molecule has 0 radical (unpaired) electrons. The highest BCUT2D eigenvalue weighted by molar-refractivity contribution is 6.30. The zero-order valence-corrected chi connectivity index (χ0v) is 10.6. The van der Waals surface area contributed by atoms with Crippen LogP contribution in [0.25, 0.3) is 22.6 Å². The Balaban J connectivity index is 2.17. The number of halogens is 1. The van der Waals surface area contributed by atoms with Crippen molar-refractivity contribution < 1.29 is 0 Å². The Morgan fingerprint density at radius 2 is 1.74 bits per heavy atom. The van der Waals surface area contributed by atoms with E-state index in [9.17, 15) is 0 Å². The van der Waals surface area contributed by atoms with Gasteiger partial charge >= 0.3 is 0 Å². The van der Waals surface area contributed by atoms with Gasteiger partial charge in [0, 0.05) is 17.4 Å². The summed E-state index contributed by atoms with van der Waals surface area (Å²) in [5.74, 6) is 0.960. The van der Waals surface area contributed by atoms with Gasteiger partial charge < -0.3 is 5.73 Å². The molecule has 3 rings (SSSR count). The first kappa shape index (κ1) is 11.7. The quantitative estimate of drug-likeness (QED) is 0.751. The number of hydrogen-bond acceptors (Lipinski definition) is 4. The number of nitrogen functional groups attached to an aromatic ring is 1. The van der Waals surface area contributed by atoms with Crippen LogP contribution in [0.15, 0.2) is 42.7 Å². The van der Waals surface area contributed by atoms with Crippen molar-refractivity contribution in [1.29, 1.82) is 0 Å². The van der Waals surface area contributed by atoms with Gasteiger partial charge in [-0.15, -0.1) is 0 Å². The van der Waals surface area contributed by atoms with Crippen LogP contribution in [0.1, 0.15) is 0 Å². The highest BCUT2D eigenvalue weighted by atomic mass is 35.5. The highest BCUT2D eigenvalue weighted by Crippen LogP contribution is 2.33. The number of aromatic amines is 1. The van der Waals surface area contributed by atoms with Crippen LogP contribution in [0.5, 0.6) is 0 Å². The predicted molar refractivity (Wildman–Crippen MR) is 74.5 cm³/mol. The van der Waals surface area contributed by atoms with Crippen LogP contribution in [0, 0.1) is 0 Å². The molecule has 19 heavy (non-hydrogen) atoms. The SMILES string of the molecule is Nc1n[nH]c(-c2ncccn2)c1-c1ccc(Cl)cc1. The lowest BCUT2D eigenvalue weighted by atomic mass is 10.1. The van der Waals surface area contributed by atoms with Gasteiger partial charge in [-0.3, -0.25) is 5.10 Å². The molecule has 1 aromatic carbocycles. The minimum absolute atomic E-state index is 0.407. The number of benzene rings is 1. The Labute approximate surface area is 114 Å². The second-order valence-electron chi connectivity index (χ2n) is 3.94. The molecule has 0 spiro atoms. The number of anilines is 1. The summed E-state index contributed by atoms with van der Waals surface area (Å²) in [6.45, 7) is 0. The van der Waals surface area contributed by atoms with Gasteiger partial charge in [-0.05, 0) is 23.8 Å². The summed E-state index contributed by atoms with van der Waals surface area (Å²) in [5.41, 5.74) is 8.31.